The molecule has 1 unspecified atom stereocenters. The number of hydrogen-bond acceptors (Lipinski definition) is 0. The lowest BCUT2D eigenvalue weighted by Gasteiger charge is -2.32. The van der Waals surface area contributed by atoms with Gasteiger partial charge in [-0.25, -0.2) is 0 Å². The van der Waals surface area contributed by atoms with Gasteiger partial charge in [0.2, 0.25) is 0 Å². The van der Waals surface area contributed by atoms with Crippen LogP contribution in [0.5, 0.6) is 0 Å². The third kappa shape index (κ3) is 2.19. The third-order valence-corrected chi connectivity index (χ3v) is 8.81. The van der Waals surface area contributed by atoms with E-state index in [0.717, 1.165) is 12.8 Å². The van der Waals surface area contributed by atoms with Crippen LogP contribution in [-0.4, -0.2) is 0 Å². The largest absolute Gasteiger partial charge is 0.0619 e. The highest BCUT2D eigenvalue weighted by atomic mass is 14.4. The number of fused-ring (bicyclic) bond motifs is 16. The van der Waals surface area contributed by atoms with Crippen LogP contribution in [-0.2, 0) is 12.8 Å². The van der Waals surface area contributed by atoms with E-state index in [2.05, 4.69) is 103 Å². The van der Waals surface area contributed by atoms with Gasteiger partial charge >= 0.3 is 0 Å². The van der Waals surface area contributed by atoms with E-state index in [1.807, 2.05) is 0 Å². The zero-order valence-electron chi connectivity index (χ0n) is 19.3. The average Bonchev–Trinajstić information content (AvgIpc) is 3.59. The molecular formula is C35H22. The van der Waals surface area contributed by atoms with Crippen molar-refractivity contribution in [2.75, 3.05) is 0 Å². The van der Waals surface area contributed by atoms with Gasteiger partial charge in [-0.15, -0.1) is 0 Å². The smallest absolute Gasteiger partial charge is 0.0358 e. The minimum absolute atomic E-state index is 0.324. The summed E-state index contributed by atoms with van der Waals surface area (Å²) in [4.78, 5) is 0. The van der Waals surface area contributed by atoms with Crippen LogP contribution in [0.3, 0.4) is 0 Å². The molecule has 4 aliphatic carbocycles. The van der Waals surface area contributed by atoms with Crippen LogP contribution < -0.4 is 0 Å². The Bertz CT molecular complexity index is 1800. The number of benzene rings is 5. The second-order valence-corrected chi connectivity index (χ2v) is 10.4. The van der Waals surface area contributed by atoms with Crippen LogP contribution in [0, 0.1) is 0 Å². The first-order valence-electron chi connectivity index (χ1n) is 12.7. The zero-order chi connectivity index (χ0) is 22.7. The van der Waals surface area contributed by atoms with E-state index in [0.29, 0.717) is 5.92 Å². The normalized spacial score (nSPS) is 16.8. The molecule has 4 aliphatic rings. The van der Waals surface area contributed by atoms with Crippen molar-refractivity contribution in [1.82, 2.24) is 0 Å². The van der Waals surface area contributed by atoms with Crippen LogP contribution in [0.1, 0.15) is 50.4 Å². The summed E-state index contributed by atoms with van der Waals surface area (Å²) >= 11 is 0. The Balaban J connectivity index is 1.41. The lowest BCUT2D eigenvalue weighted by molar-refractivity contribution is 1.04. The lowest BCUT2D eigenvalue weighted by Crippen LogP contribution is -2.13. The van der Waals surface area contributed by atoms with Crippen molar-refractivity contribution in [2.45, 2.75) is 18.8 Å². The van der Waals surface area contributed by atoms with Gasteiger partial charge in [-0.05, 0) is 102 Å². The Morgan fingerprint density at radius 1 is 0.457 bits per heavy atom. The molecule has 0 N–H and O–H groups in total. The maximum absolute atomic E-state index is 2.46. The van der Waals surface area contributed by atoms with E-state index in [1.54, 1.807) is 0 Å². The van der Waals surface area contributed by atoms with Crippen molar-refractivity contribution in [1.29, 1.82) is 0 Å². The highest BCUT2D eigenvalue weighted by Crippen LogP contribution is 2.59. The Kier molecular flexibility index (Phi) is 3.27. The highest BCUT2D eigenvalue weighted by Gasteiger charge is 2.39. The molecule has 35 heavy (non-hydrogen) atoms. The first-order chi connectivity index (χ1) is 17.4. The maximum Gasteiger partial charge on any atom is 0.0358 e. The quantitative estimate of drug-likeness (QED) is 0.221. The SMILES string of the molecule is C1=C2c3ccc4c(c3-c3c(ccc5c3Cc3ccccc3-5)C2c2ccccc21)Cc1ccccc1-4. The van der Waals surface area contributed by atoms with Crippen LogP contribution in [0.25, 0.3) is 45.0 Å². The van der Waals surface area contributed by atoms with Gasteiger partial charge in [0.15, 0.2) is 0 Å². The van der Waals surface area contributed by atoms with E-state index in [9.17, 15) is 0 Å². The molecule has 1 atom stereocenters. The van der Waals surface area contributed by atoms with Gasteiger partial charge < -0.3 is 0 Å². The van der Waals surface area contributed by atoms with Crippen molar-refractivity contribution in [3.05, 3.63) is 142 Å². The number of hydrogen-bond donors (Lipinski definition) is 0. The molecule has 0 heteroatoms. The number of allylic oxidation sites excluding steroid dienone is 1. The molecule has 9 rings (SSSR count). The van der Waals surface area contributed by atoms with Crippen LogP contribution in [0.4, 0.5) is 0 Å². The van der Waals surface area contributed by atoms with Gasteiger partial charge in [0.05, 0.1) is 0 Å². The van der Waals surface area contributed by atoms with E-state index in [4.69, 9.17) is 0 Å². The predicted molar refractivity (Wildman–Crippen MR) is 145 cm³/mol. The fourth-order valence-corrected chi connectivity index (χ4v) is 7.39. The predicted octanol–water partition coefficient (Wildman–Crippen LogP) is 8.50. The molecule has 0 radical (unpaired) electrons. The minimum atomic E-state index is 0.324. The summed E-state index contributed by atoms with van der Waals surface area (Å²) < 4.78 is 0. The van der Waals surface area contributed by atoms with Gasteiger partial charge in [-0.1, -0.05) is 97.1 Å². The topological polar surface area (TPSA) is 0 Å². The molecule has 0 aromatic heterocycles. The molecule has 0 saturated heterocycles. The molecule has 162 valence electrons. The van der Waals surface area contributed by atoms with Gasteiger partial charge in [0.1, 0.15) is 0 Å². The second kappa shape index (κ2) is 6.29. The molecule has 0 fully saturated rings. The van der Waals surface area contributed by atoms with Crippen molar-refractivity contribution in [2.24, 2.45) is 0 Å². The Morgan fingerprint density at radius 3 is 1.83 bits per heavy atom. The summed E-state index contributed by atoms with van der Waals surface area (Å²) in [6.45, 7) is 0. The van der Waals surface area contributed by atoms with Gasteiger partial charge in [-0.2, -0.15) is 0 Å². The Morgan fingerprint density at radius 2 is 1.06 bits per heavy atom. The van der Waals surface area contributed by atoms with Crippen molar-refractivity contribution >= 4 is 11.6 Å². The third-order valence-electron chi connectivity index (χ3n) is 8.81. The molecule has 0 nitrogen and oxygen atoms in total. The van der Waals surface area contributed by atoms with Crippen LogP contribution in [0.15, 0.2) is 97.1 Å². The maximum atomic E-state index is 2.46. The van der Waals surface area contributed by atoms with E-state index in [-0.39, 0.29) is 0 Å². The minimum Gasteiger partial charge on any atom is -0.0619 e. The summed E-state index contributed by atoms with van der Waals surface area (Å²) in [5.41, 5.74) is 21.9. The highest BCUT2D eigenvalue weighted by molar-refractivity contribution is 6.07. The van der Waals surface area contributed by atoms with Crippen molar-refractivity contribution < 1.29 is 0 Å². The molecule has 0 heterocycles. The second-order valence-electron chi connectivity index (χ2n) is 10.4. The molecule has 0 aliphatic heterocycles. The van der Waals surface area contributed by atoms with E-state index >= 15 is 0 Å². The van der Waals surface area contributed by atoms with Crippen LogP contribution in [0.2, 0.25) is 0 Å². The van der Waals surface area contributed by atoms with Crippen LogP contribution >= 0.6 is 0 Å². The molecule has 0 amide bonds. The monoisotopic (exact) mass is 442 g/mol. The molecule has 0 spiro atoms. The van der Waals surface area contributed by atoms with Gasteiger partial charge in [0, 0.05) is 5.92 Å². The van der Waals surface area contributed by atoms with Gasteiger partial charge in [-0.3, -0.25) is 0 Å². The molecular weight excluding hydrogens is 420 g/mol. The summed E-state index contributed by atoms with van der Waals surface area (Å²) in [7, 11) is 0. The first-order valence-corrected chi connectivity index (χ1v) is 12.7. The van der Waals surface area contributed by atoms with Gasteiger partial charge in [0.25, 0.3) is 0 Å². The summed E-state index contributed by atoms with van der Waals surface area (Å²) in [5.74, 6) is 0.324. The number of rotatable bonds is 0. The fourth-order valence-electron chi connectivity index (χ4n) is 7.39. The average molecular weight is 443 g/mol. The molecule has 5 aromatic rings. The first kappa shape index (κ1) is 18.2. The fraction of sp³-hybridized carbons (Fsp3) is 0.0857. The standard InChI is InChI=1S/C35H22/c1-4-10-23-20(7-1)17-30-26(23)13-15-28-32-19-22-9-3-6-12-25(22)33(32)29-16-14-27-24-11-5-2-8-21(24)18-31(27)35(29)34(28)30/h1-16,19,33H,17-18H2. The lowest BCUT2D eigenvalue weighted by atomic mass is 9.71. The summed E-state index contributed by atoms with van der Waals surface area (Å²) in [6.07, 6.45) is 4.51. The molecule has 0 bridgehead atoms. The summed E-state index contributed by atoms with van der Waals surface area (Å²) in [6, 6.07) is 36.6. The molecule has 5 aromatic carbocycles. The van der Waals surface area contributed by atoms with E-state index < -0.39 is 0 Å². The van der Waals surface area contributed by atoms with E-state index in [1.165, 1.54) is 83.5 Å². The van der Waals surface area contributed by atoms with Crippen molar-refractivity contribution in [3.63, 3.8) is 0 Å². The molecule has 0 saturated carbocycles. The zero-order valence-corrected chi connectivity index (χ0v) is 19.3. The summed E-state index contributed by atoms with van der Waals surface area (Å²) in [5, 5.41) is 0. The Hall–Kier alpha value is -4.16. The van der Waals surface area contributed by atoms with Crippen molar-refractivity contribution in [3.8, 4) is 33.4 Å². The Labute approximate surface area is 205 Å².